The number of piperazine rings is 1. The van der Waals surface area contributed by atoms with Gasteiger partial charge in [0.2, 0.25) is 0 Å². The Morgan fingerprint density at radius 2 is 1.95 bits per heavy atom. The second-order valence-corrected chi connectivity index (χ2v) is 5.82. The number of aliphatic hydroxyl groups is 1. The highest BCUT2D eigenvalue weighted by Crippen LogP contribution is 2.20. The van der Waals surface area contributed by atoms with E-state index in [-0.39, 0.29) is 5.82 Å². The molecule has 1 heterocycles. The minimum absolute atomic E-state index is 0.166. The Balaban J connectivity index is 1.70. The number of benzene rings is 1. The smallest absolute Gasteiger partial charge is 0.146 e. The molecule has 1 unspecified atom stereocenters. The van der Waals surface area contributed by atoms with Crippen LogP contribution >= 0.6 is 0 Å². The second-order valence-electron chi connectivity index (χ2n) is 5.82. The maximum atomic E-state index is 13.8. The lowest BCUT2D eigenvalue weighted by atomic mass is 10.2. The number of rotatable bonds is 8. The molecule has 0 spiro atoms. The Morgan fingerprint density at radius 1 is 1.23 bits per heavy atom. The molecule has 1 aromatic carbocycles. The molecule has 1 atom stereocenters. The van der Waals surface area contributed by atoms with Crippen LogP contribution in [0.15, 0.2) is 24.3 Å². The van der Waals surface area contributed by atoms with E-state index in [4.69, 9.17) is 4.74 Å². The summed E-state index contributed by atoms with van der Waals surface area (Å²) in [5.41, 5.74) is 0.672. The van der Waals surface area contributed by atoms with Crippen LogP contribution < -0.4 is 4.90 Å². The van der Waals surface area contributed by atoms with Crippen LogP contribution in [0, 0.1) is 5.82 Å². The quantitative estimate of drug-likeness (QED) is 0.746. The van der Waals surface area contributed by atoms with E-state index >= 15 is 0 Å². The molecule has 1 fully saturated rings. The topological polar surface area (TPSA) is 35.9 Å². The first-order chi connectivity index (χ1) is 10.7. The summed E-state index contributed by atoms with van der Waals surface area (Å²) in [6.45, 7) is 7.09. The number of hydrogen-bond acceptors (Lipinski definition) is 4. The summed E-state index contributed by atoms with van der Waals surface area (Å²) < 4.78 is 19.2. The van der Waals surface area contributed by atoms with E-state index in [9.17, 15) is 9.50 Å². The van der Waals surface area contributed by atoms with Gasteiger partial charge in [-0.1, -0.05) is 25.5 Å². The van der Waals surface area contributed by atoms with Gasteiger partial charge in [0.15, 0.2) is 0 Å². The maximum Gasteiger partial charge on any atom is 0.146 e. The fourth-order valence-electron chi connectivity index (χ4n) is 2.70. The summed E-state index contributed by atoms with van der Waals surface area (Å²) in [5, 5.41) is 9.99. The Bertz CT molecular complexity index is 436. The minimum atomic E-state index is -0.447. The largest absolute Gasteiger partial charge is 0.389 e. The van der Waals surface area contributed by atoms with Gasteiger partial charge in [0.1, 0.15) is 5.82 Å². The molecular weight excluding hydrogens is 283 g/mol. The first kappa shape index (κ1) is 17.2. The number of ether oxygens (including phenoxy) is 1. The van der Waals surface area contributed by atoms with Crippen molar-refractivity contribution in [2.45, 2.75) is 25.9 Å². The Morgan fingerprint density at radius 3 is 2.64 bits per heavy atom. The molecule has 0 aliphatic carbocycles. The van der Waals surface area contributed by atoms with Crippen molar-refractivity contribution in [1.82, 2.24) is 4.90 Å². The van der Waals surface area contributed by atoms with Crippen molar-refractivity contribution in [1.29, 1.82) is 0 Å². The molecule has 1 aliphatic rings. The first-order valence-corrected chi connectivity index (χ1v) is 8.18. The Labute approximate surface area is 132 Å². The van der Waals surface area contributed by atoms with Gasteiger partial charge in [0.25, 0.3) is 0 Å². The third-order valence-electron chi connectivity index (χ3n) is 3.99. The van der Waals surface area contributed by atoms with Gasteiger partial charge in [-0.3, -0.25) is 4.90 Å². The zero-order valence-corrected chi connectivity index (χ0v) is 13.4. The van der Waals surface area contributed by atoms with Crippen molar-refractivity contribution in [3.8, 4) is 0 Å². The van der Waals surface area contributed by atoms with Gasteiger partial charge < -0.3 is 14.7 Å². The van der Waals surface area contributed by atoms with E-state index < -0.39 is 6.10 Å². The van der Waals surface area contributed by atoms with Crippen molar-refractivity contribution >= 4 is 5.69 Å². The highest BCUT2D eigenvalue weighted by atomic mass is 19.1. The molecule has 0 amide bonds. The zero-order chi connectivity index (χ0) is 15.8. The van der Waals surface area contributed by atoms with Gasteiger partial charge in [0.05, 0.1) is 18.4 Å². The predicted molar refractivity (Wildman–Crippen MR) is 86.8 cm³/mol. The van der Waals surface area contributed by atoms with Crippen molar-refractivity contribution < 1.29 is 14.2 Å². The summed E-state index contributed by atoms with van der Waals surface area (Å²) in [7, 11) is 0. The number of nitrogens with zero attached hydrogens (tertiary/aromatic N) is 2. The number of hydrogen-bond donors (Lipinski definition) is 1. The van der Waals surface area contributed by atoms with Crippen LogP contribution in [0.5, 0.6) is 0 Å². The standard InChI is InChI=1S/C17H27FN2O2/c1-2-3-12-22-14-15(21)13-19-8-10-20(11-9-19)17-7-5-4-6-16(17)18/h4-7,15,21H,2-3,8-14H2,1H3. The summed E-state index contributed by atoms with van der Waals surface area (Å²) in [4.78, 5) is 4.28. The Hall–Kier alpha value is -1.17. The molecule has 0 saturated carbocycles. The second kappa shape index (κ2) is 9.08. The highest BCUT2D eigenvalue weighted by molar-refractivity contribution is 5.47. The van der Waals surface area contributed by atoms with Crippen LogP contribution in [0.2, 0.25) is 0 Å². The van der Waals surface area contributed by atoms with Crippen molar-refractivity contribution in [3.05, 3.63) is 30.1 Å². The van der Waals surface area contributed by atoms with E-state index in [2.05, 4.69) is 16.7 Å². The summed E-state index contributed by atoms with van der Waals surface area (Å²) in [6.07, 6.45) is 1.69. The SMILES string of the molecule is CCCCOCC(O)CN1CCN(c2ccccc2F)CC1. The highest BCUT2D eigenvalue weighted by Gasteiger charge is 2.20. The van der Waals surface area contributed by atoms with Crippen LogP contribution in [0.3, 0.4) is 0 Å². The number of β-amino-alcohol motifs (C(OH)–C–C–N with tert-alkyl or cyclic N) is 1. The molecule has 5 heteroatoms. The minimum Gasteiger partial charge on any atom is -0.389 e. The van der Waals surface area contributed by atoms with E-state index in [1.165, 1.54) is 6.07 Å². The number of unbranched alkanes of at least 4 members (excludes halogenated alkanes) is 1. The molecule has 1 aliphatic heterocycles. The van der Waals surface area contributed by atoms with E-state index in [1.807, 2.05) is 12.1 Å². The molecule has 22 heavy (non-hydrogen) atoms. The average Bonchev–Trinajstić information content (AvgIpc) is 2.53. The van der Waals surface area contributed by atoms with Crippen LogP contribution in [0.4, 0.5) is 10.1 Å². The summed E-state index contributed by atoms with van der Waals surface area (Å²) in [6, 6.07) is 6.90. The van der Waals surface area contributed by atoms with Gasteiger partial charge in [0, 0.05) is 39.3 Å². The number of halogens is 1. The molecule has 0 aromatic heterocycles. The number of anilines is 1. The Kier molecular flexibility index (Phi) is 7.09. The van der Waals surface area contributed by atoms with Gasteiger partial charge in [-0.25, -0.2) is 4.39 Å². The third-order valence-corrected chi connectivity index (χ3v) is 3.99. The summed E-state index contributed by atoms with van der Waals surface area (Å²) >= 11 is 0. The molecule has 0 bridgehead atoms. The van der Waals surface area contributed by atoms with E-state index in [0.717, 1.165) is 39.0 Å². The molecular formula is C17H27FN2O2. The molecule has 0 radical (unpaired) electrons. The molecule has 4 nitrogen and oxygen atoms in total. The molecule has 2 rings (SSSR count). The van der Waals surface area contributed by atoms with Crippen LogP contribution in [-0.2, 0) is 4.74 Å². The van der Waals surface area contributed by atoms with Crippen LogP contribution in [-0.4, -0.2) is 62.0 Å². The number of aliphatic hydroxyl groups excluding tert-OH is 1. The van der Waals surface area contributed by atoms with Gasteiger partial charge in [-0.2, -0.15) is 0 Å². The molecule has 124 valence electrons. The van der Waals surface area contributed by atoms with E-state index in [1.54, 1.807) is 6.07 Å². The van der Waals surface area contributed by atoms with Crippen LogP contribution in [0.25, 0.3) is 0 Å². The molecule has 1 aromatic rings. The van der Waals surface area contributed by atoms with Crippen LogP contribution in [0.1, 0.15) is 19.8 Å². The van der Waals surface area contributed by atoms with Crippen molar-refractivity contribution in [3.63, 3.8) is 0 Å². The lowest BCUT2D eigenvalue weighted by Crippen LogP contribution is -2.49. The normalized spacial score (nSPS) is 17.7. The van der Waals surface area contributed by atoms with Gasteiger partial charge in [-0.05, 0) is 18.6 Å². The fraction of sp³-hybridized carbons (Fsp3) is 0.647. The molecule has 1 saturated heterocycles. The average molecular weight is 310 g/mol. The first-order valence-electron chi connectivity index (χ1n) is 8.18. The summed E-state index contributed by atoms with van der Waals surface area (Å²) in [5.74, 6) is -0.166. The van der Waals surface area contributed by atoms with E-state index in [0.29, 0.717) is 25.4 Å². The predicted octanol–water partition coefficient (Wildman–Crippen LogP) is 2.13. The lowest BCUT2D eigenvalue weighted by Gasteiger charge is -2.36. The van der Waals surface area contributed by atoms with Gasteiger partial charge in [-0.15, -0.1) is 0 Å². The molecule has 1 N–H and O–H groups in total. The zero-order valence-electron chi connectivity index (χ0n) is 13.4. The number of para-hydroxylation sites is 1. The fourth-order valence-corrected chi connectivity index (χ4v) is 2.70. The lowest BCUT2D eigenvalue weighted by molar-refractivity contribution is 0.0150. The monoisotopic (exact) mass is 310 g/mol. The van der Waals surface area contributed by atoms with Crippen molar-refractivity contribution in [2.75, 3.05) is 50.8 Å². The maximum absolute atomic E-state index is 13.8. The van der Waals surface area contributed by atoms with Crippen molar-refractivity contribution in [2.24, 2.45) is 0 Å². The third kappa shape index (κ3) is 5.23. The van der Waals surface area contributed by atoms with Gasteiger partial charge >= 0.3 is 0 Å².